The van der Waals surface area contributed by atoms with Crippen LogP contribution in [-0.2, 0) is 0 Å². The molecule has 2 rings (SSSR count). The summed E-state index contributed by atoms with van der Waals surface area (Å²) in [6.45, 7) is 5.50. The van der Waals surface area contributed by atoms with E-state index in [9.17, 15) is 0 Å². The average Bonchev–Trinajstić information content (AvgIpc) is 2.76. The van der Waals surface area contributed by atoms with Gasteiger partial charge in [0, 0.05) is 6.54 Å². The van der Waals surface area contributed by atoms with Crippen LogP contribution < -0.4 is 5.73 Å². The third-order valence-electron chi connectivity index (χ3n) is 3.96. The number of likely N-dealkylation sites (tertiary alicyclic amines) is 1. The first-order chi connectivity index (χ1) is 8.22. The Bertz CT molecular complexity index is 362. The summed E-state index contributed by atoms with van der Waals surface area (Å²) in [5, 5.41) is 0. The summed E-state index contributed by atoms with van der Waals surface area (Å²) < 4.78 is 0. The zero-order valence-corrected chi connectivity index (χ0v) is 11.0. The molecule has 0 aliphatic carbocycles. The second-order valence-electron chi connectivity index (χ2n) is 5.36. The molecular weight excluding hydrogens is 208 g/mol. The van der Waals surface area contributed by atoms with Crippen LogP contribution in [0.3, 0.4) is 0 Å². The molecule has 94 valence electrons. The number of hydrogen-bond acceptors (Lipinski definition) is 2. The van der Waals surface area contributed by atoms with Gasteiger partial charge in [0.05, 0.1) is 0 Å². The number of nitrogens with zero attached hydrogens (tertiary/aromatic N) is 1. The van der Waals surface area contributed by atoms with Crippen molar-refractivity contribution in [2.75, 3.05) is 26.7 Å². The van der Waals surface area contributed by atoms with E-state index in [1.807, 2.05) is 0 Å². The third kappa shape index (κ3) is 2.88. The van der Waals surface area contributed by atoms with Crippen molar-refractivity contribution in [2.24, 2.45) is 5.73 Å². The summed E-state index contributed by atoms with van der Waals surface area (Å²) in [6.07, 6.45) is 2.38. The summed E-state index contributed by atoms with van der Waals surface area (Å²) in [5.74, 6) is 1.30. The minimum Gasteiger partial charge on any atom is -0.330 e. The van der Waals surface area contributed by atoms with Crippen LogP contribution in [0.1, 0.15) is 42.7 Å². The van der Waals surface area contributed by atoms with Crippen LogP contribution in [0, 0.1) is 0 Å². The summed E-state index contributed by atoms with van der Waals surface area (Å²) in [7, 11) is 2.21. The second-order valence-corrected chi connectivity index (χ2v) is 5.36. The van der Waals surface area contributed by atoms with Crippen molar-refractivity contribution in [1.29, 1.82) is 0 Å². The summed E-state index contributed by atoms with van der Waals surface area (Å²) in [6, 6.07) is 8.93. The standard InChI is InChI=1S/C15H24N2/c1-12(7-9-16)14-5-3-4-6-15(14)13-8-10-17(2)11-13/h3-6,12-13H,7-11,16H2,1-2H3. The van der Waals surface area contributed by atoms with Crippen LogP contribution in [0.2, 0.25) is 0 Å². The van der Waals surface area contributed by atoms with Gasteiger partial charge in [-0.25, -0.2) is 0 Å². The van der Waals surface area contributed by atoms with Gasteiger partial charge < -0.3 is 10.6 Å². The highest BCUT2D eigenvalue weighted by Gasteiger charge is 2.24. The lowest BCUT2D eigenvalue weighted by Crippen LogP contribution is -2.14. The van der Waals surface area contributed by atoms with E-state index in [0.29, 0.717) is 5.92 Å². The smallest absolute Gasteiger partial charge is 0.00478 e. The quantitative estimate of drug-likeness (QED) is 0.864. The van der Waals surface area contributed by atoms with Crippen LogP contribution in [0.25, 0.3) is 0 Å². The average molecular weight is 232 g/mol. The molecular formula is C15H24N2. The maximum absolute atomic E-state index is 5.68. The Labute approximate surface area is 105 Å². The van der Waals surface area contributed by atoms with Gasteiger partial charge in [-0.2, -0.15) is 0 Å². The van der Waals surface area contributed by atoms with E-state index in [0.717, 1.165) is 18.9 Å². The van der Waals surface area contributed by atoms with Crippen molar-refractivity contribution < 1.29 is 0 Å². The van der Waals surface area contributed by atoms with E-state index in [2.05, 4.69) is 43.1 Å². The largest absolute Gasteiger partial charge is 0.330 e. The van der Waals surface area contributed by atoms with Crippen molar-refractivity contribution >= 4 is 0 Å². The molecule has 2 nitrogen and oxygen atoms in total. The molecule has 2 heteroatoms. The normalized spacial score (nSPS) is 22.9. The molecule has 1 fully saturated rings. The van der Waals surface area contributed by atoms with Gasteiger partial charge in [-0.15, -0.1) is 0 Å². The number of benzene rings is 1. The Morgan fingerprint density at radius 1 is 1.41 bits per heavy atom. The number of nitrogens with two attached hydrogens (primary N) is 1. The summed E-state index contributed by atoms with van der Waals surface area (Å²) >= 11 is 0. The highest BCUT2D eigenvalue weighted by Crippen LogP contribution is 2.33. The monoisotopic (exact) mass is 232 g/mol. The molecule has 1 aliphatic rings. The van der Waals surface area contributed by atoms with Gasteiger partial charge in [0.25, 0.3) is 0 Å². The minimum atomic E-state index is 0.585. The molecule has 1 saturated heterocycles. The lowest BCUT2D eigenvalue weighted by molar-refractivity contribution is 0.411. The maximum atomic E-state index is 5.68. The van der Waals surface area contributed by atoms with Gasteiger partial charge in [-0.1, -0.05) is 31.2 Å². The van der Waals surface area contributed by atoms with Gasteiger partial charge in [0.1, 0.15) is 0 Å². The van der Waals surface area contributed by atoms with E-state index in [4.69, 9.17) is 5.73 Å². The molecule has 0 spiro atoms. The van der Waals surface area contributed by atoms with E-state index >= 15 is 0 Å². The molecule has 0 amide bonds. The van der Waals surface area contributed by atoms with Crippen molar-refractivity contribution in [3.63, 3.8) is 0 Å². The Hall–Kier alpha value is -0.860. The van der Waals surface area contributed by atoms with E-state index in [1.165, 1.54) is 25.1 Å². The summed E-state index contributed by atoms with van der Waals surface area (Å²) in [4.78, 5) is 2.43. The molecule has 1 aromatic rings. The Kier molecular flexibility index (Phi) is 4.19. The molecule has 0 saturated carbocycles. The van der Waals surface area contributed by atoms with Gasteiger partial charge in [-0.3, -0.25) is 0 Å². The van der Waals surface area contributed by atoms with E-state index in [-0.39, 0.29) is 0 Å². The Morgan fingerprint density at radius 3 is 2.82 bits per heavy atom. The third-order valence-corrected chi connectivity index (χ3v) is 3.96. The number of hydrogen-bond donors (Lipinski definition) is 1. The van der Waals surface area contributed by atoms with Gasteiger partial charge in [0.15, 0.2) is 0 Å². The van der Waals surface area contributed by atoms with Gasteiger partial charge >= 0.3 is 0 Å². The van der Waals surface area contributed by atoms with Gasteiger partial charge in [0.2, 0.25) is 0 Å². The molecule has 2 unspecified atom stereocenters. The van der Waals surface area contributed by atoms with Gasteiger partial charge in [-0.05, 0) is 55.9 Å². The van der Waals surface area contributed by atoms with Crippen LogP contribution in [0.5, 0.6) is 0 Å². The minimum absolute atomic E-state index is 0.585. The van der Waals surface area contributed by atoms with Crippen molar-refractivity contribution in [3.8, 4) is 0 Å². The predicted octanol–water partition coefficient (Wildman–Crippen LogP) is 2.56. The fraction of sp³-hybridized carbons (Fsp3) is 0.600. The second kappa shape index (κ2) is 5.65. The first kappa shape index (κ1) is 12.6. The van der Waals surface area contributed by atoms with E-state index in [1.54, 1.807) is 5.56 Å². The fourth-order valence-corrected chi connectivity index (χ4v) is 2.93. The summed E-state index contributed by atoms with van der Waals surface area (Å²) in [5.41, 5.74) is 8.75. The Balaban J connectivity index is 2.21. The zero-order valence-electron chi connectivity index (χ0n) is 11.0. The highest BCUT2D eigenvalue weighted by atomic mass is 15.1. The van der Waals surface area contributed by atoms with Crippen LogP contribution >= 0.6 is 0 Å². The first-order valence-corrected chi connectivity index (χ1v) is 6.69. The molecule has 2 N–H and O–H groups in total. The molecule has 17 heavy (non-hydrogen) atoms. The molecule has 0 aromatic heterocycles. The first-order valence-electron chi connectivity index (χ1n) is 6.69. The SMILES string of the molecule is CC(CCN)c1ccccc1C1CCN(C)C1. The van der Waals surface area contributed by atoms with Crippen LogP contribution in [0.4, 0.5) is 0 Å². The van der Waals surface area contributed by atoms with Crippen LogP contribution in [0.15, 0.2) is 24.3 Å². The van der Waals surface area contributed by atoms with Crippen LogP contribution in [-0.4, -0.2) is 31.6 Å². The number of rotatable bonds is 4. The Morgan fingerprint density at radius 2 is 2.18 bits per heavy atom. The van der Waals surface area contributed by atoms with Crippen molar-refractivity contribution in [2.45, 2.75) is 31.6 Å². The highest BCUT2D eigenvalue weighted by molar-refractivity contribution is 5.34. The van der Waals surface area contributed by atoms with Crippen molar-refractivity contribution in [1.82, 2.24) is 4.90 Å². The molecule has 2 atom stereocenters. The number of likely N-dealkylation sites (N-methyl/N-ethyl adjacent to an activating group) is 1. The topological polar surface area (TPSA) is 29.3 Å². The lowest BCUT2D eigenvalue weighted by Gasteiger charge is -2.20. The maximum Gasteiger partial charge on any atom is 0.00478 e. The molecule has 0 bridgehead atoms. The molecule has 1 aromatic carbocycles. The predicted molar refractivity (Wildman–Crippen MR) is 73.4 cm³/mol. The zero-order chi connectivity index (χ0) is 12.3. The van der Waals surface area contributed by atoms with Crippen molar-refractivity contribution in [3.05, 3.63) is 35.4 Å². The lowest BCUT2D eigenvalue weighted by atomic mass is 9.86. The fourth-order valence-electron chi connectivity index (χ4n) is 2.93. The molecule has 0 radical (unpaired) electrons. The molecule has 1 heterocycles. The van der Waals surface area contributed by atoms with E-state index < -0.39 is 0 Å². The molecule has 1 aliphatic heterocycles.